The maximum Gasteiger partial charge on any atom is 0.222 e. The lowest BCUT2D eigenvalue weighted by Crippen LogP contribution is -2.06. The largest absolute Gasteiger partial charge is 0.344 e. The number of hydrogen-bond donors (Lipinski definition) is 0. The standard InChI is InChI=1S/C10H7ClN4S/c1-15-4-5-16-9(15)7(6-12)8-2-3-13-10(11)14-8/h2-5H,1H3. The zero-order valence-corrected chi connectivity index (χ0v) is 9.96. The van der Waals surface area contributed by atoms with E-state index in [4.69, 9.17) is 16.9 Å². The molecule has 0 amide bonds. The van der Waals surface area contributed by atoms with E-state index in [2.05, 4.69) is 16.0 Å². The second-order valence-corrected chi connectivity index (χ2v) is 4.25. The molecule has 0 saturated heterocycles. The number of aromatic nitrogens is 2. The van der Waals surface area contributed by atoms with Crippen LogP contribution < -0.4 is 0 Å². The second-order valence-electron chi connectivity index (χ2n) is 3.02. The molecule has 0 unspecified atom stereocenters. The SMILES string of the molecule is CN1C=CSC1=C(C#N)c1ccnc(Cl)n1. The molecule has 2 rings (SSSR count). The van der Waals surface area contributed by atoms with E-state index in [0.717, 1.165) is 5.03 Å². The number of thioether (sulfide) groups is 1. The summed E-state index contributed by atoms with van der Waals surface area (Å²) in [5, 5.41) is 12.1. The van der Waals surface area contributed by atoms with Gasteiger partial charge >= 0.3 is 0 Å². The van der Waals surface area contributed by atoms with Crippen LogP contribution in [0.15, 0.2) is 28.9 Å². The first kappa shape index (κ1) is 11.0. The van der Waals surface area contributed by atoms with Crippen molar-refractivity contribution in [1.29, 1.82) is 5.26 Å². The van der Waals surface area contributed by atoms with Gasteiger partial charge in [-0.15, -0.1) is 0 Å². The minimum Gasteiger partial charge on any atom is -0.344 e. The molecular weight excluding hydrogens is 244 g/mol. The minimum atomic E-state index is 0.143. The quantitative estimate of drug-likeness (QED) is 0.566. The lowest BCUT2D eigenvalue weighted by molar-refractivity contribution is 0.622. The zero-order chi connectivity index (χ0) is 11.5. The van der Waals surface area contributed by atoms with Crippen LogP contribution in [0.1, 0.15) is 5.69 Å². The Morgan fingerprint density at radius 3 is 3.00 bits per heavy atom. The Kier molecular flexibility index (Phi) is 3.13. The molecule has 1 aliphatic rings. The monoisotopic (exact) mass is 250 g/mol. The van der Waals surface area contributed by atoms with E-state index in [9.17, 15) is 0 Å². The summed E-state index contributed by atoms with van der Waals surface area (Å²) in [7, 11) is 1.88. The van der Waals surface area contributed by atoms with Gasteiger partial charge in [0, 0.05) is 19.4 Å². The summed E-state index contributed by atoms with van der Waals surface area (Å²) < 4.78 is 0. The molecule has 1 aromatic heterocycles. The first-order valence-electron chi connectivity index (χ1n) is 4.42. The molecule has 80 valence electrons. The van der Waals surface area contributed by atoms with E-state index < -0.39 is 0 Å². The highest BCUT2D eigenvalue weighted by Crippen LogP contribution is 2.33. The van der Waals surface area contributed by atoms with Crippen molar-refractivity contribution in [3.63, 3.8) is 0 Å². The van der Waals surface area contributed by atoms with Gasteiger partial charge in [-0.1, -0.05) is 11.8 Å². The molecule has 1 aliphatic heterocycles. The Bertz CT molecular complexity index is 518. The van der Waals surface area contributed by atoms with Crippen molar-refractivity contribution in [1.82, 2.24) is 14.9 Å². The van der Waals surface area contributed by atoms with E-state index in [1.54, 1.807) is 6.07 Å². The number of halogens is 1. The number of nitrogens with zero attached hydrogens (tertiary/aromatic N) is 4. The zero-order valence-electron chi connectivity index (χ0n) is 8.38. The fourth-order valence-electron chi connectivity index (χ4n) is 1.26. The lowest BCUT2D eigenvalue weighted by Gasteiger charge is -2.12. The van der Waals surface area contributed by atoms with Crippen molar-refractivity contribution in [3.8, 4) is 6.07 Å². The molecule has 16 heavy (non-hydrogen) atoms. The summed E-state index contributed by atoms with van der Waals surface area (Å²) >= 11 is 7.18. The average molecular weight is 251 g/mol. The van der Waals surface area contributed by atoms with Gasteiger partial charge in [0.1, 0.15) is 11.6 Å². The predicted molar refractivity (Wildman–Crippen MR) is 64.1 cm³/mol. The fraction of sp³-hybridized carbons (Fsp3) is 0.100. The van der Waals surface area contributed by atoms with Gasteiger partial charge in [0.05, 0.1) is 10.7 Å². The van der Waals surface area contributed by atoms with Crippen molar-refractivity contribution in [3.05, 3.63) is 39.9 Å². The van der Waals surface area contributed by atoms with Crippen LogP contribution in [-0.2, 0) is 0 Å². The van der Waals surface area contributed by atoms with E-state index in [1.165, 1.54) is 18.0 Å². The molecule has 2 heterocycles. The van der Waals surface area contributed by atoms with Crippen molar-refractivity contribution in [2.24, 2.45) is 0 Å². The van der Waals surface area contributed by atoms with Gasteiger partial charge in [0.25, 0.3) is 0 Å². The van der Waals surface area contributed by atoms with E-state index in [-0.39, 0.29) is 5.28 Å². The fourth-order valence-corrected chi connectivity index (χ4v) is 2.28. The third-order valence-corrected chi connectivity index (χ3v) is 3.15. The summed E-state index contributed by atoms with van der Waals surface area (Å²) in [6.07, 6.45) is 3.43. The van der Waals surface area contributed by atoms with Crippen molar-refractivity contribution in [2.75, 3.05) is 7.05 Å². The Balaban J connectivity index is 2.49. The Labute approximate surface area is 102 Å². The van der Waals surface area contributed by atoms with Gasteiger partial charge in [0.15, 0.2) is 0 Å². The Morgan fingerprint density at radius 2 is 2.44 bits per heavy atom. The summed E-state index contributed by atoms with van der Waals surface area (Å²) in [4.78, 5) is 9.69. The number of allylic oxidation sites excluding steroid dienone is 1. The van der Waals surface area contributed by atoms with Gasteiger partial charge in [-0.05, 0) is 23.1 Å². The molecule has 0 aliphatic carbocycles. The third kappa shape index (κ3) is 2.03. The van der Waals surface area contributed by atoms with Gasteiger partial charge in [-0.2, -0.15) is 5.26 Å². The van der Waals surface area contributed by atoms with Crippen LogP contribution in [0.5, 0.6) is 0 Å². The van der Waals surface area contributed by atoms with Crippen LogP contribution in [0.25, 0.3) is 5.57 Å². The maximum atomic E-state index is 9.17. The lowest BCUT2D eigenvalue weighted by atomic mass is 10.2. The maximum absolute atomic E-state index is 9.17. The number of rotatable bonds is 1. The smallest absolute Gasteiger partial charge is 0.222 e. The molecule has 0 saturated carbocycles. The molecular formula is C10H7ClN4S. The van der Waals surface area contributed by atoms with Crippen molar-refractivity contribution in [2.45, 2.75) is 0 Å². The van der Waals surface area contributed by atoms with Gasteiger partial charge in [-0.25, -0.2) is 9.97 Å². The van der Waals surface area contributed by atoms with Gasteiger partial charge in [-0.3, -0.25) is 0 Å². The van der Waals surface area contributed by atoms with Crippen LogP contribution in [0.2, 0.25) is 5.28 Å². The summed E-state index contributed by atoms with van der Waals surface area (Å²) in [6, 6.07) is 3.82. The highest BCUT2D eigenvalue weighted by molar-refractivity contribution is 8.06. The summed E-state index contributed by atoms with van der Waals surface area (Å²) in [5.74, 6) is 0. The molecule has 0 atom stereocenters. The highest BCUT2D eigenvalue weighted by atomic mass is 35.5. The molecule has 0 fully saturated rings. The first-order valence-corrected chi connectivity index (χ1v) is 5.67. The van der Waals surface area contributed by atoms with Crippen LogP contribution in [-0.4, -0.2) is 21.9 Å². The third-order valence-electron chi connectivity index (χ3n) is 1.99. The van der Waals surface area contributed by atoms with Gasteiger partial charge in [0.2, 0.25) is 5.28 Å². The van der Waals surface area contributed by atoms with Crippen LogP contribution >= 0.6 is 23.4 Å². The van der Waals surface area contributed by atoms with Crippen molar-refractivity contribution < 1.29 is 0 Å². The number of nitriles is 1. The average Bonchev–Trinajstić information content (AvgIpc) is 2.67. The van der Waals surface area contributed by atoms with Crippen molar-refractivity contribution >= 4 is 28.9 Å². The van der Waals surface area contributed by atoms with E-state index >= 15 is 0 Å². The highest BCUT2D eigenvalue weighted by Gasteiger charge is 2.17. The normalized spacial score (nSPS) is 17.4. The van der Waals surface area contributed by atoms with E-state index in [0.29, 0.717) is 11.3 Å². The molecule has 4 nitrogen and oxygen atoms in total. The van der Waals surface area contributed by atoms with Crippen LogP contribution in [0, 0.1) is 11.3 Å². The minimum absolute atomic E-state index is 0.143. The summed E-state index contributed by atoms with van der Waals surface area (Å²) in [5.41, 5.74) is 1.04. The first-order chi connectivity index (χ1) is 7.72. The van der Waals surface area contributed by atoms with Crippen LogP contribution in [0.3, 0.4) is 0 Å². The molecule has 0 radical (unpaired) electrons. The van der Waals surface area contributed by atoms with E-state index in [1.807, 2.05) is 23.6 Å². The molecule has 0 spiro atoms. The molecule has 0 bridgehead atoms. The Morgan fingerprint density at radius 1 is 1.62 bits per heavy atom. The molecule has 0 aromatic carbocycles. The molecule has 1 aromatic rings. The Hall–Kier alpha value is -1.51. The number of hydrogen-bond acceptors (Lipinski definition) is 5. The molecule has 0 N–H and O–H groups in total. The van der Waals surface area contributed by atoms with Crippen LogP contribution in [0.4, 0.5) is 0 Å². The summed E-state index contributed by atoms with van der Waals surface area (Å²) in [6.45, 7) is 0. The second kappa shape index (κ2) is 4.56. The predicted octanol–water partition coefficient (Wildman–Crippen LogP) is 2.47. The molecule has 6 heteroatoms. The van der Waals surface area contributed by atoms with Gasteiger partial charge < -0.3 is 4.90 Å². The topological polar surface area (TPSA) is 52.8 Å².